The number of rotatable bonds is 3. The predicted molar refractivity (Wildman–Crippen MR) is 68.7 cm³/mol. The fraction of sp³-hybridized carbons (Fsp3) is 0.250. The van der Waals surface area contributed by atoms with Crippen LogP contribution in [0.15, 0.2) is 18.2 Å². The maximum Gasteiger partial charge on any atom is 0.255 e. The van der Waals surface area contributed by atoms with Crippen LogP contribution in [-0.4, -0.2) is 34.9 Å². The molecule has 0 radical (unpaired) electrons. The van der Waals surface area contributed by atoms with Crippen molar-refractivity contribution in [2.75, 3.05) is 13.2 Å². The van der Waals surface area contributed by atoms with Crippen LogP contribution >= 0.6 is 12.2 Å². The number of imide groups is 1. The van der Waals surface area contributed by atoms with Crippen molar-refractivity contribution in [3.63, 3.8) is 0 Å². The van der Waals surface area contributed by atoms with Crippen LogP contribution in [-0.2, 0) is 20.9 Å². The number of nitrogens with two attached hydrogens (primary N) is 1. The van der Waals surface area contributed by atoms with Gasteiger partial charge in [-0.05, 0) is 6.07 Å². The van der Waals surface area contributed by atoms with Gasteiger partial charge in [-0.1, -0.05) is 24.4 Å². The maximum atomic E-state index is 13.8. The molecule has 100 valence electrons. The number of benzene rings is 1. The molecule has 0 atom stereocenters. The highest BCUT2D eigenvalue weighted by molar-refractivity contribution is 7.80. The highest BCUT2D eigenvalue weighted by atomic mass is 32.1. The Bertz CT molecular complexity index is 546. The van der Waals surface area contributed by atoms with Crippen molar-refractivity contribution in [1.29, 1.82) is 0 Å². The first-order valence-electron chi connectivity index (χ1n) is 5.48. The summed E-state index contributed by atoms with van der Waals surface area (Å²) in [5, 5.41) is 0. The third kappa shape index (κ3) is 2.94. The van der Waals surface area contributed by atoms with Gasteiger partial charge in [-0.15, -0.1) is 0 Å². The van der Waals surface area contributed by atoms with Crippen molar-refractivity contribution in [2.45, 2.75) is 6.54 Å². The summed E-state index contributed by atoms with van der Waals surface area (Å²) < 4.78 is 18.6. The minimum absolute atomic E-state index is 0.0870. The smallest absolute Gasteiger partial charge is 0.255 e. The average molecular weight is 282 g/mol. The van der Waals surface area contributed by atoms with E-state index in [1.165, 1.54) is 12.1 Å². The van der Waals surface area contributed by atoms with Crippen molar-refractivity contribution in [3.05, 3.63) is 35.1 Å². The quantitative estimate of drug-likeness (QED) is 0.639. The number of nitrogens with zero attached hydrogens (tertiary/aromatic N) is 1. The van der Waals surface area contributed by atoms with E-state index < -0.39 is 17.6 Å². The molecular weight excluding hydrogens is 271 g/mol. The van der Waals surface area contributed by atoms with E-state index in [9.17, 15) is 14.0 Å². The SMILES string of the molecule is NC(=S)c1ccc(CN2C(=O)COCC2=O)c(F)c1. The number of amides is 2. The molecule has 5 nitrogen and oxygen atoms in total. The average Bonchev–Trinajstić information content (AvgIpc) is 2.35. The minimum atomic E-state index is -0.558. The molecule has 1 aromatic carbocycles. The Kier molecular flexibility index (Phi) is 3.87. The number of morpholine rings is 1. The molecule has 19 heavy (non-hydrogen) atoms. The largest absolute Gasteiger partial charge is 0.389 e. The molecular formula is C12H11FN2O3S. The molecule has 0 aromatic heterocycles. The number of hydrogen-bond acceptors (Lipinski definition) is 4. The van der Waals surface area contributed by atoms with Crippen molar-refractivity contribution in [1.82, 2.24) is 4.90 Å². The molecule has 0 spiro atoms. The van der Waals surface area contributed by atoms with Gasteiger partial charge in [-0.2, -0.15) is 0 Å². The zero-order chi connectivity index (χ0) is 14.0. The summed E-state index contributed by atoms with van der Waals surface area (Å²) in [6.45, 7) is -0.457. The third-order valence-corrected chi connectivity index (χ3v) is 2.95. The Morgan fingerprint density at radius 2 is 2.00 bits per heavy atom. The second kappa shape index (κ2) is 5.41. The van der Waals surface area contributed by atoms with Gasteiger partial charge < -0.3 is 10.5 Å². The van der Waals surface area contributed by atoms with Crippen LogP contribution in [0.5, 0.6) is 0 Å². The first kappa shape index (κ1) is 13.6. The summed E-state index contributed by atoms with van der Waals surface area (Å²) in [5.41, 5.74) is 6.02. The summed E-state index contributed by atoms with van der Waals surface area (Å²) in [5.74, 6) is -1.51. The monoisotopic (exact) mass is 282 g/mol. The van der Waals surface area contributed by atoms with Crippen LogP contribution in [0, 0.1) is 5.82 Å². The van der Waals surface area contributed by atoms with Crippen molar-refractivity contribution < 1.29 is 18.7 Å². The molecule has 1 aromatic rings. The van der Waals surface area contributed by atoms with Gasteiger partial charge in [-0.3, -0.25) is 14.5 Å². The summed E-state index contributed by atoms with van der Waals surface area (Å²) in [6, 6.07) is 4.20. The summed E-state index contributed by atoms with van der Waals surface area (Å²) in [7, 11) is 0. The first-order valence-corrected chi connectivity index (χ1v) is 5.89. The normalized spacial score (nSPS) is 15.7. The van der Waals surface area contributed by atoms with E-state index in [0.717, 1.165) is 4.90 Å². The first-order chi connectivity index (χ1) is 8.99. The van der Waals surface area contributed by atoms with Crippen molar-refractivity contribution >= 4 is 29.0 Å². The van der Waals surface area contributed by atoms with Gasteiger partial charge in [0.05, 0.1) is 6.54 Å². The highest BCUT2D eigenvalue weighted by Crippen LogP contribution is 2.15. The Balaban J connectivity index is 2.21. The standard InChI is InChI=1S/C12H11FN2O3S/c13-9-3-7(12(14)19)1-2-8(9)4-15-10(16)5-18-6-11(15)17/h1-3H,4-6H2,(H2,14,19). The van der Waals surface area contributed by atoms with E-state index in [1.807, 2.05) is 0 Å². The summed E-state index contributed by atoms with van der Waals surface area (Å²) in [6.07, 6.45) is 0. The number of thiocarbonyl (C=S) groups is 1. The van der Waals surface area contributed by atoms with Gasteiger partial charge in [0, 0.05) is 11.1 Å². The number of ether oxygens (including phenoxy) is 1. The van der Waals surface area contributed by atoms with Crippen LogP contribution in [0.3, 0.4) is 0 Å². The van der Waals surface area contributed by atoms with Crippen LogP contribution in [0.2, 0.25) is 0 Å². The van der Waals surface area contributed by atoms with E-state index in [1.54, 1.807) is 6.07 Å². The van der Waals surface area contributed by atoms with Crippen molar-refractivity contribution in [3.8, 4) is 0 Å². The van der Waals surface area contributed by atoms with E-state index >= 15 is 0 Å². The zero-order valence-corrected chi connectivity index (χ0v) is 10.7. The van der Waals surface area contributed by atoms with E-state index in [4.69, 9.17) is 22.7 Å². The predicted octanol–water partition coefficient (Wildman–Crippen LogP) is 0.345. The molecule has 1 heterocycles. The lowest BCUT2D eigenvalue weighted by molar-refractivity contribution is -0.159. The summed E-state index contributed by atoms with van der Waals surface area (Å²) in [4.78, 5) is 24.1. The number of carbonyl (C=O) groups excluding carboxylic acids is 2. The lowest BCUT2D eigenvalue weighted by Gasteiger charge is -2.25. The fourth-order valence-electron chi connectivity index (χ4n) is 1.70. The highest BCUT2D eigenvalue weighted by Gasteiger charge is 2.27. The van der Waals surface area contributed by atoms with Gasteiger partial charge >= 0.3 is 0 Å². The van der Waals surface area contributed by atoms with E-state index in [-0.39, 0.29) is 30.3 Å². The molecule has 2 rings (SSSR count). The van der Waals surface area contributed by atoms with E-state index in [0.29, 0.717) is 5.56 Å². The Morgan fingerprint density at radius 1 is 1.37 bits per heavy atom. The Labute approximate surface area is 114 Å². The molecule has 1 aliphatic heterocycles. The molecule has 1 saturated heterocycles. The molecule has 0 aliphatic carbocycles. The second-order valence-electron chi connectivity index (χ2n) is 4.04. The van der Waals surface area contributed by atoms with Crippen LogP contribution in [0.4, 0.5) is 4.39 Å². The lowest BCUT2D eigenvalue weighted by atomic mass is 10.1. The van der Waals surface area contributed by atoms with E-state index in [2.05, 4.69) is 0 Å². The van der Waals surface area contributed by atoms with Gasteiger partial charge in [0.1, 0.15) is 24.0 Å². The lowest BCUT2D eigenvalue weighted by Crippen LogP contribution is -2.45. The molecule has 0 saturated carbocycles. The molecule has 1 aliphatic rings. The van der Waals surface area contributed by atoms with Crippen LogP contribution in [0.1, 0.15) is 11.1 Å². The topological polar surface area (TPSA) is 72.6 Å². The number of halogens is 1. The number of hydrogen-bond donors (Lipinski definition) is 1. The van der Waals surface area contributed by atoms with Gasteiger partial charge in [0.25, 0.3) is 11.8 Å². The van der Waals surface area contributed by atoms with Crippen molar-refractivity contribution in [2.24, 2.45) is 5.73 Å². The van der Waals surface area contributed by atoms with Gasteiger partial charge in [0.15, 0.2) is 0 Å². The Morgan fingerprint density at radius 3 is 2.53 bits per heavy atom. The van der Waals surface area contributed by atoms with Gasteiger partial charge in [-0.25, -0.2) is 4.39 Å². The number of carbonyl (C=O) groups is 2. The third-order valence-electron chi connectivity index (χ3n) is 2.72. The van der Waals surface area contributed by atoms with Gasteiger partial charge in [0.2, 0.25) is 0 Å². The maximum absolute atomic E-state index is 13.8. The molecule has 0 unspecified atom stereocenters. The summed E-state index contributed by atoms with van der Waals surface area (Å²) >= 11 is 4.74. The fourth-order valence-corrected chi connectivity index (χ4v) is 1.82. The molecule has 7 heteroatoms. The van der Waals surface area contributed by atoms with Crippen LogP contribution in [0.25, 0.3) is 0 Å². The molecule has 2 amide bonds. The van der Waals surface area contributed by atoms with Crippen LogP contribution < -0.4 is 5.73 Å². The second-order valence-corrected chi connectivity index (χ2v) is 4.48. The Hall–Kier alpha value is -1.86. The minimum Gasteiger partial charge on any atom is -0.389 e. The molecule has 1 fully saturated rings. The molecule has 0 bridgehead atoms. The molecule has 2 N–H and O–H groups in total. The zero-order valence-electron chi connectivity index (χ0n) is 9.89.